The molecular weight excluding hydrogens is 242 g/mol. The van der Waals surface area contributed by atoms with E-state index in [4.69, 9.17) is 9.84 Å². The maximum absolute atomic E-state index is 10.9. The zero-order valence-corrected chi connectivity index (χ0v) is 12.4. The lowest BCUT2D eigenvalue weighted by atomic mass is 10.0. The van der Waals surface area contributed by atoms with E-state index in [1.807, 2.05) is 24.9 Å². The number of carbonyl (C=O) groups is 1. The van der Waals surface area contributed by atoms with Gasteiger partial charge >= 0.3 is 5.97 Å². The smallest absolute Gasteiger partial charge is 0.320 e. The highest BCUT2D eigenvalue weighted by Crippen LogP contribution is 2.24. The monoisotopic (exact) mass is 265 g/mol. The number of rotatable bonds is 6. The number of aliphatic carboxylic acids is 1. The average molecular weight is 265 g/mol. The number of benzene rings is 1. The van der Waals surface area contributed by atoms with Crippen LogP contribution < -0.4 is 4.74 Å². The number of methoxy groups -OCH3 is 1. The van der Waals surface area contributed by atoms with Crippen LogP contribution in [0, 0.1) is 13.8 Å². The third-order valence-electron chi connectivity index (χ3n) is 3.53. The molecule has 4 heteroatoms. The number of aryl methyl sites for hydroxylation is 2. The zero-order chi connectivity index (χ0) is 14.6. The molecule has 0 spiro atoms. The molecule has 0 fully saturated rings. The summed E-state index contributed by atoms with van der Waals surface area (Å²) in [5.41, 5.74) is 3.51. The van der Waals surface area contributed by atoms with E-state index in [1.165, 1.54) is 11.1 Å². The van der Waals surface area contributed by atoms with Crippen molar-refractivity contribution >= 4 is 5.97 Å². The van der Waals surface area contributed by atoms with Crippen molar-refractivity contribution in [2.75, 3.05) is 20.7 Å². The van der Waals surface area contributed by atoms with E-state index in [-0.39, 0.29) is 0 Å². The third kappa shape index (κ3) is 3.96. The average Bonchev–Trinajstić information content (AvgIpc) is 2.35. The summed E-state index contributed by atoms with van der Waals surface area (Å²) in [5.74, 6) is 0.0870. The highest BCUT2D eigenvalue weighted by molar-refractivity contribution is 5.72. The molecule has 0 aromatic heterocycles. The molecule has 0 bridgehead atoms. The molecule has 19 heavy (non-hydrogen) atoms. The molecule has 1 atom stereocenters. The van der Waals surface area contributed by atoms with E-state index in [1.54, 1.807) is 14.0 Å². The van der Waals surface area contributed by atoms with Gasteiger partial charge in [0.05, 0.1) is 7.11 Å². The van der Waals surface area contributed by atoms with Gasteiger partial charge in [-0.25, -0.2) is 0 Å². The Bertz CT molecular complexity index is 457. The van der Waals surface area contributed by atoms with Crippen LogP contribution >= 0.6 is 0 Å². The topological polar surface area (TPSA) is 49.8 Å². The molecule has 0 saturated carbocycles. The number of nitrogens with zero attached hydrogens (tertiary/aromatic N) is 1. The maximum atomic E-state index is 10.9. The molecule has 0 heterocycles. The van der Waals surface area contributed by atoms with Crippen molar-refractivity contribution in [2.45, 2.75) is 33.2 Å². The fraction of sp³-hybridized carbons (Fsp3) is 0.533. The number of ether oxygens (including phenoxy) is 1. The predicted octanol–water partition coefficient (Wildman–Crippen LogP) is 2.26. The van der Waals surface area contributed by atoms with Crippen LogP contribution in [0.1, 0.15) is 23.6 Å². The molecule has 1 rings (SSSR count). The van der Waals surface area contributed by atoms with Crippen LogP contribution in [0.2, 0.25) is 0 Å². The maximum Gasteiger partial charge on any atom is 0.320 e. The lowest BCUT2D eigenvalue weighted by Crippen LogP contribution is -2.37. The molecule has 0 aliphatic carbocycles. The van der Waals surface area contributed by atoms with E-state index in [0.717, 1.165) is 17.7 Å². The van der Waals surface area contributed by atoms with Gasteiger partial charge < -0.3 is 9.84 Å². The minimum Gasteiger partial charge on any atom is -0.496 e. The third-order valence-corrected chi connectivity index (χ3v) is 3.53. The Kier molecular flexibility index (Phi) is 5.36. The number of hydrogen-bond acceptors (Lipinski definition) is 3. The van der Waals surface area contributed by atoms with Gasteiger partial charge in [0.2, 0.25) is 0 Å². The van der Waals surface area contributed by atoms with E-state index in [0.29, 0.717) is 6.54 Å². The summed E-state index contributed by atoms with van der Waals surface area (Å²) in [7, 11) is 3.50. The highest BCUT2D eigenvalue weighted by atomic mass is 16.5. The van der Waals surface area contributed by atoms with Gasteiger partial charge in [0, 0.05) is 6.54 Å². The zero-order valence-electron chi connectivity index (χ0n) is 12.4. The van der Waals surface area contributed by atoms with Crippen LogP contribution in [0.15, 0.2) is 12.1 Å². The van der Waals surface area contributed by atoms with Crippen molar-refractivity contribution in [3.05, 3.63) is 28.8 Å². The van der Waals surface area contributed by atoms with E-state index < -0.39 is 12.0 Å². The highest BCUT2D eigenvalue weighted by Gasteiger charge is 2.17. The van der Waals surface area contributed by atoms with Crippen molar-refractivity contribution in [1.82, 2.24) is 4.90 Å². The first-order chi connectivity index (χ1) is 8.86. The van der Waals surface area contributed by atoms with Crippen molar-refractivity contribution in [3.63, 3.8) is 0 Å². The van der Waals surface area contributed by atoms with E-state index >= 15 is 0 Å². The SMILES string of the molecule is COc1cc(C)cc(C)c1CCN(C)C(C)C(=O)O. The first kappa shape index (κ1) is 15.5. The van der Waals surface area contributed by atoms with Gasteiger partial charge in [-0.15, -0.1) is 0 Å². The fourth-order valence-corrected chi connectivity index (χ4v) is 2.13. The summed E-state index contributed by atoms with van der Waals surface area (Å²) in [6, 6.07) is 3.67. The molecular formula is C15H23NO3. The Balaban J connectivity index is 2.80. The van der Waals surface area contributed by atoms with Crippen LogP contribution in [0.4, 0.5) is 0 Å². The van der Waals surface area contributed by atoms with E-state index in [9.17, 15) is 4.79 Å². The summed E-state index contributed by atoms with van der Waals surface area (Å²) >= 11 is 0. The van der Waals surface area contributed by atoms with Crippen LogP contribution in [0.3, 0.4) is 0 Å². The predicted molar refractivity (Wildman–Crippen MR) is 75.9 cm³/mol. The second-order valence-electron chi connectivity index (χ2n) is 5.01. The van der Waals surface area contributed by atoms with Gasteiger partial charge in [0.15, 0.2) is 0 Å². The van der Waals surface area contributed by atoms with Crippen molar-refractivity contribution < 1.29 is 14.6 Å². The Labute approximate surface area is 115 Å². The van der Waals surface area contributed by atoms with Gasteiger partial charge in [-0.2, -0.15) is 0 Å². The van der Waals surface area contributed by atoms with Crippen molar-refractivity contribution in [1.29, 1.82) is 0 Å². The van der Waals surface area contributed by atoms with Gasteiger partial charge in [-0.05, 0) is 57.0 Å². The molecule has 0 amide bonds. The minimum absolute atomic E-state index is 0.475. The summed E-state index contributed by atoms with van der Waals surface area (Å²) < 4.78 is 5.41. The molecule has 0 aliphatic heterocycles. The standard InChI is InChI=1S/C15H23NO3/c1-10-8-11(2)13(14(9-10)19-5)6-7-16(4)12(3)15(17)18/h8-9,12H,6-7H2,1-5H3,(H,17,18). The summed E-state index contributed by atoms with van der Waals surface area (Å²) in [4.78, 5) is 12.8. The van der Waals surface area contributed by atoms with Crippen molar-refractivity contribution in [3.8, 4) is 5.75 Å². The molecule has 1 aromatic rings. The van der Waals surface area contributed by atoms with Gasteiger partial charge in [-0.3, -0.25) is 9.69 Å². The number of carboxylic acids is 1. The molecule has 1 aromatic carbocycles. The number of hydrogen-bond donors (Lipinski definition) is 1. The summed E-state index contributed by atoms with van der Waals surface area (Å²) in [6.07, 6.45) is 0.781. The lowest BCUT2D eigenvalue weighted by Gasteiger charge is -2.22. The fourth-order valence-electron chi connectivity index (χ4n) is 2.13. The molecule has 106 valence electrons. The van der Waals surface area contributed by atoms with Crippen LogP contribution in [0.25, 0.3) is 0 Å². The minimum atomic E-state index is -0.796. The molecule has 0 saturated heterocycles. The molecule has 1 unspecified atom stereocenters. The second-order valence-corrected chi connectivity index (χ2v) is 5.01. The lowest BCUT2D eigenvalue weighted by molar-refractivity contribution is -0.142. The molecule has 0 aliphatic rings. The second kappa shape index (κ2) is 6.57. The molecule has 1 N–H and O–H groups in total. The van der Waals surface area contributed by atoms with Crippen LogP contribution in [0.5, 0.6) is 5.75 Å². The van der Waals surface area contributed by atoms with Crippen molar-refractivity contribution in [2.24, 2.45) is 0 Å². The van der Waals surface area contributed by atoms with Crippen LogP contribution in [-0.2, 0) is 11.2 Å². The summed E-state index contributed by atoms with van der Waals surface area (Å²) in [5, 5.41) is 8.97. The quantitative estimate of drug-likeness (QED) is 0.857. The van der Waals surface area contributed by atoms with Gasteiger partial charge in [-0.1, -0.05) is 6.07 Å². The molecule has 4 nitrogen and oxygen atoms in total. The van der Waals surface area contributed by atoms with Crippen LogP contribution in [-0.4, -0.2) is 42.7 Å². The first-order valence-electron chi connectivity index (χ1n) is 6.44. The Morgan fingerprint density at radius 1 is 1.42 bits per heavy atom. The first-order valence-corrected chi connectivity index (χ1v) is 6.44. The summed E-state index contributed by atoms with van der Waals surface area (Å²) in [6.45, 7) is 6.48. The number of carboxylic acid groups (broad SMARTS) is 1. The van der Waals surface area contributed by atoms with Gasteiger partial charge in [0.1, 0.15) is 11.8 Å². The van der Waals surface area contributed by atoms with E-state index in [2.05, 4.69) is 13.0 Å². The number of likely N-dealkylation sites (N-methyl/N-ethyl adjacent to an activating group) is 1. The van der Waals surface area contributed by atoms with Gasteiger partial charge in [0.25, 0.3) is 0 Å². The molecule has 0 radical (unpaired) electrons. The Morgan fingerprint density at radius 3 is 2.58 bits per heavy atom. The Hall–Kier alpha value is -1.55. The Morgan fingerprint density at radius 2 is 2.05 bits per heavy atom. The normalized spacial score (nSPS) is 12.5. The largest absolute Gasteiger partial charge is 0.496 e.